The van der Waals surface area contributed by atoms with Crippen molar-refractivity contribution in [2.75, 3.05) is 12.4 Å². The van der Waals surface area contributed by atoms with E-state index in [1.54, 1.807) is 38.3 Å². The van der Waals surface area contributed by atoms with Crippen molar-refractivity contribution in [2.45, 2.75) is 40.5 Å². The fourth-order valence-corrected chi connectivity index (χ4v) is 3.45. The maximum atomic E-state index is 12.9. The normalized spacial score (nSPS) is 29.1. The van der Waals surface area contributed by atoms with Gasteiger partial charge in [0.2, 0.25) is 5.91 Å². The fourth-order valence-electron chi connectivity index (χ4n) is 3.45. The summed E-state index contributed by atoms with van der Waals surface area (Å²) >= 11 is 0. The van der Waals surface area contributed by atoms with Crippen LogP contribution in [0.2, 0.25) is 0 Å². The summed E-state index contributed by atoms with van der Waals surface area (Å²) in [5.41, 5.74) is -1.65. The molecule has 5 nitrogen and oxygen atoms in total. The molecule has 1 fully saturated rings. The number of ether oxygens (including phenoxy) is 1. The molecular formula is C18H25NO4. The van der Waals surface area contributed by atoms with Gasteiger partial charge in [-0.25, -0.2) is 0 Å². The molecule has 1 aromatic carbocycles. The van der Waals surface area contributed by atoms with Crippen LogP contribution in [0.4, 0.5) is 5.69 Å². The molecule has 1 saturated carbocycles. The summed E-state index contributed by atoms with van der Waals surface area (Å²) in [6.45, 7) is 7.35. The zero-order chi connectivity index (χ0) is 17.5. The molecule has 23 heavy (non-hydrogen) atoms. The molecule has 0 radical (unpaired) electrons. The van der Waals surface area contributed by atoms with Crippen LogP contribution in [-0.2, 0) is 9.59 Å². The monoisotopic (exact) mass is 319 g/mol. The summed E-state index contributed by atoms with van der Waals surface area (Å²) in [5.74, 6) is -0.269. The van der Waals surface area contributed by atoms with Gasteiger partial charge in [-0.15, -0.1) is 0 Å². The van der Waals surface area contributed by atoms with Gasteiger partial charge < -0.3 is 15.2 Å². The molecule has 0 heterocycles. The van der Waals surface area contributed by atoms with E-state index >= 15 is 0 Å². The van der Waals surface area contributed by atoms with E-state index in [2.05, 4.69) is 5.32 Å². The first-order chi connectivity index (χ1) is 10.6. The number of aliphatic carboxylic acids is 1. The van der Waals surface area contributed by atoms with E-state index in [-0.39, 0.29) is 5.91 Å². The Morgan fingerprint density at radius 1 is 1.04 bits per heavy atom. The van der Waals surface area contributed by atoms with Gasteiger partial charge in [0.15, 0.2) is 0 Å². The van der Waals surface area contributed by atoms with Crippen molar-refractivity contribution in [3.8, 4) is 5.75 Å². The predicted molar refractivity (Wildman–Crippen MR) is 88.5 cm³/mol. The lowest BCUT2D eigenvalue weighted by Crippen LogP contribution is -2.49. The average molecular weight is 319 g/mol. The highest BCUT2D eigenvalue weighted by Crippen LogP contribution is 2.63. The van der Waals surface area contributed by atoms with Gasteiger partial charge >= 0.3 is 5.97 Å². The Hall–Kier alpha value is -2.04. The number of nitrogens with one attached hydrogen (secondary N) is 1. The SMILES string of the molecule is COc1ccc(NC(=O)C2(C)CCC(C)(C(=O)O)C2(C)C)cc1. The molecule has 2 rings (SSSR count). The lowest BCUT2D eigenvalue weighted by molar-refractivity contribution is -0.157. The van der Waals surface area contributed by atoms with E-state index in [9.17, 15) is 14.7 Å². The number of carboxylic acid groups (broad SMARTS) is 1. The Labute approximate surface area is 137 Å². The van der Waals surface area contributed by atoms with Crippen molar-refractivity contribution in [1.82, 2.24) is 0 Å². The van der Waals surface area contributed by atoms with Gasteiger partial charge in [-0.1, -0.05) is 20.8 Å². The minimum absolute atomic E-state index is 0.141. The summed E-state index contributed by atoms with van der Waals surface area (Å²) in [4.78, 5) is 24.6. The molecule has 0 aromatic heterocycles. The van der Waals surface area contributed by atoms with Crippen molar-refractivity contribution >= 4 is 17.6 Å². The topological polar surface area (TPSA) is 75.6 Å². The number of carboxylic acids is 1. The second-order valence-corrected chi connectivity index (χ2v) is 7.28. The Morgan fingerprint density at radius 3 is 2.00 bits per heavy atom. The van der Waals surface area contributed by atoms with Gasteiger partial charge in [-0.05, 0) is 49.4 Å². The maximum absolute atomic E-state index is 12.9. The van der Waals surface area contributed by atoms with E-state index in [1.165, 1.54) is 0 Å². The Balaban J connectivity index is 2.25. The number of anilines is 1. The molecule has 5 heteroatoms. The van der Waals surface area contributed by atoms with E-state index in [0.717, 1.165) is 0 Å². The molecule has 0 saturated heterocycles. The number of hydrogen-bond donors (Lipinski definition) is 2. The zero-order valence-corrected chi connectivity index (χ0v) is 14.4. The van der Waals surface area contributed by atoms with Gasteiger partial charge in [0.05, 0.1) is 17.9 Å². The van der Waals surface area contributed by atoms with Gasteiger partial charge in [0.1, 0.15) is 5.75 Å². The average Bonchev–Trinajstić information content (AvgIpc) is 2.70. The minimum Gasteiger partial charge on any atom is -0.497 e. The maximum Gasteiger partial charge on any atom is 0.309 e. The van der Waals surface area contributed by atoms with Gasteiger partial charge in [0, 0.05) is 5.69 Å². The Kier molecular flexibility index (Phi) is 4.18. The molecular weight excluding hydrogens is 294 g/mol. The van der Waals surface area contributed by atoms with E-state index in [0.29, 0.717) is 24.3 Å². The lowest BCUT2D eigenvalue weighted by atomic mass is 9.59. The van der Waals surface area contributed by atoms with Crippen LogP contribution >= 0.6 is 0 Å². The molecule has 2 atom stereocenters. The highest BCUT2D eigenvalue weighted by molar-refractivity contribution is 5.97. The summed E-state index contributed by atoms with van der Waals surface area (Å²) in [6.07, 6.45) is 1.03. The molecule has 2 N–H and O–H groups in total. The van der Waals surface area contributed by atoms with E-state index in [4.69, 9.17) is 4.74 Å². The van der Waals surface area contributed by atoms with Crippen molar-refractivity contribution < 1.29 is 19.4 Å². The predicted octanol–water partition coefficient (Wildman–Crippen LogP) is 3.55. The largest absolute Gasteiger partial charge is 0.497 e. The smallest absolute Gasteiger partial charge is 0.309 e. The third-order valence-electron chi connectivity index (χ3n) is 6.20. The van der Waals surface area contributed by atoms with Crippen molar-refractivity contribution in [2.24, 2.45) is 16.2 Å². The van der Waals surface area contributed by atoms with Crippen LogP contribution < -0.4 is 10.1 Å². The first-order valence-electron chi connectivity index (χ1n) is 7.77. The minimum atomic E-state index is -0.918. The molecule has 1 aromatic rings. The van der Waals surface area contributed by atoms with Crippen LogP contribution in [0.15, 0.2) is 24.3 Å². The second kappa shape index (κ2) is 5.55. The fraction of sp³-hybridized carbons (Fsp3) is 0.556. The van der Waals surface area contributed by atoms with Crippen LogP contribution in [0.1, 0.15) is 40.5 Å². The Bertz CT molecular complexity index is 622. The van der Waals surface area contributed by atoms with Crippen LogP contribution in [0.25, 0.3) is 0 Å². The molecule has 0 spiro atoms. The molecule has 1 aliphatic rings. The quantitative estimate of drug-likeness (QED) is 0.890. The lowest BCUT2D eigenvalue weighted by Gasteiger charge is -2.44. The Morgan fingerprint density at radius 2 is 1.57 bits per heavy atom. The number of benzene rings is 1. The van der Waals surface area contributed by atoms with Gasteiger partial charge in [0.25, 0.3) is 0 Å². The van der Waals surface area contributed by atoms with E-state index in [1.807, 2.05) is 20.8 Å². The van der Waals surface area contributed by atoms with Crippen molar-refractivity contribution in [3.05, 3.63) is 24.3 Å². The van der Waals surface area contributed by atoms with Gasteiger partial charge in [-0.2, -0.15) is 0 Å². The number of carbonyl (C=O) groups is 2. The zero-order valence-electron chi connectivity index (χ0n) is 14.4. The van der Waals surface area contributed by atoms with Crippen LogP contribution in [0.3, 0.4) is 0 Å². The number of amides is 1. The summed E-state index contributed by atoms with van der Waals surface area (Å²) < 4.78 is 5.10. The first kappa shape index (κ1) is 17.3. The van der Waals surface area contributed by atoms with Gasteiger partial charge in [-0.3, -0.25) is 9.59 Å². The molecule has 1 aliphatic carbocycles. The highest BCUT2D eigenvalue weighted by atomic mass is 16.5. The summed E-state index contributed by atoms with van der Waals surface area (Å²) in [7, 11) is 1.59. The van der Waals surface area contributed by atoms with Crippen molar-refractivity contribution in [1.29, 1.82) is 0 Å². The van der Waals surface area contributed by atoms with Crippen molar-refractivity contribution in [3.63, 3.8) is 0 Å². The molecule has 1 amide bonds. The van der Waals surface area contributed by atoms with Crippen LogP contribution in [0.5, 0.6) is 5.75 Å². The van der Waals surface area contributed by atoms with Crippen LogP contribution in [-0.4, -0.2) is 24.1 Å². The standard InChI is InChI=1S/C18H25NO4/c1-16(2)17(3,10-11-18(16,4)15(21)22)14(20)19-12-6-8-13(23-5)9-7-12/h6-9H,10-11H2,1-5H3,(H,19,20)(H,21,22). The number of hydrogen-bond acceptors (Lipinski definition) is 3. The summed E-state index contributed by atoms with van der Waals surface area (Å²) in [5, 5.41) is 12.5. The summed E-state index contributed by atoms with van der Waals surface area (Å²) in [6, 6.07) is 7.11. The first-order valence-corrected chi connectivity index (χ1v) is 7.77. The number of rotatable bonds is 4. The van der Waals surface area contributed by atoms with Crippen LogP contribution in [0, 0.1) is 16.2 Å². The third-order valence-corrected chi connectivity index (χ3v) is 6.20. The third kappa shape index (κ3) is 2.48. The molecule has 0 aliphatic heterocycles. The number of methoxy groups -OCH3 is 1. The highest BCUT2D eigenvalue weighted by Gasteiger charge is 2.64. The molecule has 2 unspecified atom stereocenters. The number of carbonyl (C=O) groups excluding carboxylic acids is 1. The molecule has 0 bridgehead atoms. The second-order valence-electron chi connectivity index (χ2n) is 7.28. The van der Waals surface area contributed by atoms with E-state index < -0.39 is 22.2 Å². The molecule has 126 valence electrons.